The van der Waals surface area contributed by atoms with E-state index in [2.05, 4.69) is 48.6 Å². The number of hydrazine groups is 1. The summed E-state index contributed by atoms with van der Waals surface area (Å²) in [7, 11) is 0. The highest BCUT2D eigenvalue weighted by molar-refractivity contribution is 6.00. The van der Waals surface area contributed by atoms with Crippen molar-refractivity contribution < 1.29 is 19.4 Å². The summed E-state index contributed by atoms with van der Waals surface area (Å²) in [6, 6.07) is 15.7. The topological polar surface area (TPSA) is 92.2 Å². The molecule has 3 N–H and O–H groups in total. The van der Waals surface area contributed by atoms with Crippen molar-refractivity contribution in [2.24, 2.45) is 4.99 Å². The second-order valence-corrected chi connectivity index (χ2v) is 8.16. The summed E-state index contributed by atoms with van der Waals surface area (Å²) >= 11 is 0. The Morgan fingerprint density at radius 1 is 1.24 bits per heavy atom. The van der Waals surface area contributed by atoms with Crippen molar-refractivity contribution in [2.75, 3.05) is 19.8 Å². The van der Waals surface area contributed by atoms with E-state index < -0.39 is 11.6 Å². The molecule has 7 nitrogen and oxygen atoms in total. The minimum atomic E-state index is -1.09. The average molecular weight is 452 g/mol. The van der Waals surface area contributed by atoms with Gasteiger partial charge in [-0.1, -0.05) is 35.9 Å². The Morgan fingerprint density at radius 3 is 2.64 bits per heavy atom. The lowest BCUT2D eigenvalue weighted by Crippen LogP contribution is -2.54. The van der Waals surface area contributed by atoms with Crippen molar-refractivity contribution in [3.05, 3.63) is 77.9 Å². The smallest absolute Gasteiger partial charge is 0.266 e. The highest BCUT2D eigenvalue weighted by Gasteiger charge is 2.49. The maximum atomic E-state index is 13.2. The van der Waals surface area contributed by atoms with E-state index in [4.69, 9.17) is 19.6 Å². The first kappa shape index (κ1) is 24.5. The summed E-state index contributed by atoms with van der Waals surface area (Å²) in [6.07, 6.45) is 2.96. The fourth-order valence-electron chi connectivity index (χ4n) is 3.62. The summed E-state index contributed by atoms with van der Waals surface area (Å²) in [6.45, 7) is 8.86. The van der Waals surface area contributed by atoms with E-state index in [0.29, 0.717) is 37.6 Å². The quantitative estimate of drug-likeness (QED) is 0.262. The number of nitrogens with zero attached hydrogens (tertiary/aromatic N) is 1. The predicted molar refractivity (Wildman–Crippen MR) is 129 cm³/mol. The van der Waals surface area contributed by atoms with Crippen LogP contribution in [0.25, 0.3) is 0 Å². The van der Waals surface area contributed by atoms with Crippen LogP contribution < -0.4 is 15.6 Å². The van der Waals surface area contributed by atoms with E-state index in [1.807, 2.05) is 31.2 Å². The number of benzene rings is 2. The molecule has 0 fully saturated rings. The second kappa shape index (κ2) is 11.6. The van der Waals surface area contributed by atoms with Crippen molar-refractivity contribution in [2.45, 2.75) is 44.8 Å². The Bertz CT molecular complexity index is 957. The molecular formula is C26H33N3O4. The maximum absolute atomic E-state index is 13.2. The molecule has 0 aliphatic carbocycles. The average Bonchev–Trinajstić information content (AvgIpc) is 3.16. The van der Waals surface area contributed by atoms with Gasteiger partial charge in [0.05, 0.1) is 6.61 Å². The number of aryl methyl sites for hydroxylation is 1. The molecular weight excluding hydrogens is 418 g/mol. The van der Waals surface area contributed by atoms with Crippen molar-refractivity contribution in [3.63, 3.8) is 0 Å². The monoisotopic (exact) mass is 451 g/mol. The van der Waals surface area contributed by atoms with Gasteiger partial charge in [0.15, 0.2) is 5.54 Å². The molecule has 0 saturated heterocycles. The summed E-state index contributed by atoms with van der Waals surface area (Å²) in [5.41, 5.74) is 7.92. The van der Waals surface area contributed by atoms with Crippen LogP contribution in [0, 0.1) is 6.92 Å². The highest BCUT2D eigenvalue weighted by Crippen LogP contribution is 2.32. The lowest BCUT2D eigenvalue weighted by molar-refractivity contribution is -0.129. The molecule has 0 unspecified atom stereocenters. The van der Waals surface area contributed by atoms with Crippen molar-refractivity contribution >= 4 is 11.8 Å². The van der Waals surface area contributed by atoms with Gasteiger partial charge in [0.25, 0.3) is 5.91 Å². The Morgan fingerprint density at radius 2 is 1.97 bits per heavy atom. The molecule has 1 aliphatic heterocycles. The van der Waals surface area contributed by atoms with Crippen molar-refractivity contribution in [1.29, 1.82) is 0 Å². The van der Waals surface area contributed by atoms with Crippen LogP contribution >= 0.6 is 0 Å². The number of hydrogen-bond donors (Lipinski definition) is 3. The zero-order valence-corrected chi connectivity index (χ0v) is 19.3. The van der Waals surface area contributed by atoms with E-state index in [9.17, 15) is 4.79 Å². The van der Waals surface area contributed by atoms with Gasteiger partial charge in [0, 0.05) is 31.6 Å². The maximum Gasteiger partial charge on any atom is 0.266 e. The normalized spacial score (nSPS) is 19.5. The number of aliphatic hydroxyl groups is 1. The van der Waals surface area contributed by atoms with Gasteiger partial charge in [-0.15, -0.1) is 6.58 Å². The van der Waals surface area contributed by atoms with Gasteiger partial charge < -0.3 is 14.6 Å². The number of rotatable bonds is 12. The number of ether oxygens (including phenoxy) is 2. The van der Waals surface area contributed by atoms with Crippen LogP contribution in [0.15, 0.2) is 66.2 Å². The highest BCUT2D eigenvalue weighted by atomic mass is 16.5. The SMILES string of the molecule is C=CC[C@]1(C(=O)NNCCc2ccc(C)cc2)N=C(c2ccc(OCCCO)cc2)O[C@H]1C. The molecule has 2 aromatic rings. The third-order valence-corrected chi connectivity index (χ3v) is 5.64. The molecule has 1 amide bonds. The van der Waals surface area contributed by atoms with Gasteiger partial charge in [-0.3, -0.25) is 10.2 Å². The zero-order valence-electron chi connectivity index (χ0n) is 19.3. The minimum Gasteiger partial charge on any atom is -0.494 e. The Kier molecular flexibility index (Phi) is 8.63. The first-order valence-corrected chi connectivity index (χ1v) is 11.3. The third-order valence-electron chi connectivity index (χ3n) is 5.64. The molecule has 1 heterocycles. The lowest BCUT2D eigenvalue weighted by atomic mass is 9.90. The molecule has 176 valence electrons. The number of nitrogens with one attached hydrogen (secondary N) is 2. The molecule has 7 heteroatoms. The van der Waals surface area contributed by atoms with Gasteiger partial charge in [-0.05, 0) is 50.1 Å². The number of carbonyl (C=O) groups is 1. The van der Waals surface area contributed by atoms with Crippen molar-refractivity contribution in [3.8, 4) is 5.75 Å². The lowest BCUT2D eigenvalue weighted by Gasteiger charge is -2.26. The van der Waals surface area contributed by atoms with Crippen molar-refractivity contribution in [1.82, 2.24) is 10.9 Å². The van der Waals surface area contributed by atoms with Gasteiger partial charge >= 0.3 is 0 Å². The van der Waals surface area contributed by atoms with E-state index in [0.717, 1.165) is 12.0 Å². The molecule has 0 saturated carbocycles. The number of carbonyl (C=O) groups excluding carboxylic acids is 1. The zero-order chi connectivity index (χ0) is 23.7. The molecule has 0 bridgehead atoms. The number of amides is 1. The Balaban J connectivity index is 1.63. The fourth-order valence-corrected chi connectivity index (χ4v) is 3.62. The van der Waals surface area contributed by atoms with Gasteiger partial charge in [0.2, 0.25) is 5.90 Å². The van der Waals surface area contributed by atoms with Crippen LogP contribution in [0.5, 0.6) is 5.75 Å². The number of aliphatic hydroxyl groups excluding tert-OH is 1. The van der Waals surface area contributed by atoms with Crippen LogP contribution in [0.3, 0.4) is 0 Å². The van der Waals surface area contributed by atoms with Crippen LogP contribution in [-0.2, 0) is 16.0 Å². The summed E-state index contributed by atoms with van der Waals surface area (Å²) < 4.78 is 11.6. The number of aliphatic imine (C=N–C) groups is 1. The van der Waals surface area contributed by atoms with Crippen LogP contribution in [-0.4, -0.2) is 48.3 Å². The van der Waals surface area contributed by atoms with Gasteiger partial charge in [0.1, 0.15) is 11.9 Å². The molecule has 2 aromatic carbocycles. The predicted octanol–water partition coefficient (Wildman–Crippen LogP) is 3.10. The Hall–Kier alpha value is -3.16. The van der Waals surface area contributed by atoms with Gasteiger partial charge in [-0.2, -0.15) is 0 Å². The molecule has 2 atom stereocenters. The molecule has 0 radical (unpaired) electrons. The fraction of sp³-hybridized carbons (Fsp3) is 0.385. The molecule has 0 spiro atoms. The second-order valence-electron chi connectivity index (χ2n) is 8.16. The van der Waals surface area contributed by atoms with Gasteiger partial charge in [-0.25, -0.2) is 10.4 Å². The Labute approximate surface area is 195 Å². The third kappa shape index (κ3) is 6.21. The summed E-state index contributed by atoms with van der Waals surface area (Å²) in [5, 5.41) is 8.87. The van der Waals surface area contributed by atoms with Crippen LogP contribution in [0.2, 0.25) is 0 Å². The first-order chi connectivity index (χ1) is 16.0. The largest absolute Gasteiger partial charge is 0.494 e. The van der Waals surface area contributed by atoms with Crippen LogP contribution in [0.4, 0.5) is 0 Å². The minimum absolute atomic E-state index is 0.0921. The molecule has 3 rings (SSSR count). The summed E-state index contributed by atoms with van der Waals surface area (Å²) in [5.74, 6) is 0.866. The van der Waals surface area contributed by atoms with E-state index in [-0.39, 0.29) is 12.5 Å². The molecule has 1 aliphatic rings. The first-order valence-electron chi connectivity index (χ1n) is 11.3. The van der Waals surface area contributed by atoms with E-state index in [1.54, 1.807) is 6.08 Å². The van der Waals surface area contributed by atoms with Crippen LogP contribution in [0.1, 0.15) is 36.5 Å². The van der Waals surface area contributed by atoms with E-state index in [1.165, 1.54) is 11.1 Å². The standard InChI is InChI=1S/C26H33N3O4/c1-4-15-26(25(31)29-27-16-14-21-8-6-19(2)7-9-21)20(3)33-24(28-26)22-10-12-23(13-11-22)32-18-5-17-30/h4,6-13,20,27,30H,1,5,14-18H2,2-3H3,(H,29,31)/t20-,26-/m0/s1. The number of hydrogen-bond acceptors (Lipinski definition) is 6. The summed E-state index contributed by atoms with van der Waals surface area (Å²) in [4.78, 5) is 17.9. The van der Waals surface area contributed by atoms with E-state index >= 15 is 0 Å². The molecule has 33 heavy (non-hydrogen) atoms. The molecule has 0 aromatic heterocycles.